The van der Waals surface area contributed by atoms with Crippen LogP contribution in [0.25, 0.3) is 0 Å². The van der Waals surface area contributed by atoms with E-state index in [0.717, 1.165) is 5.56 Å². The van der Waals surface area contributed by atoms with Gasteiger partial charge in [-0.05, 0) is 24.6 Å². The zero-order valence-electron chi connectivity index (χ0n) is 16.7. The number of alkyl halides is 3. The maximum Gasteiger partial charge on any atom is 0.338 e. The van der Waals surface area contributed by atoms with Crippen molar-refractivity contribution < 1.29 is 23.7 Å². The van der Waals surface area contributed by atoms with Crippen molar-refractivity contribution >= 4 is 46.7 Å². The molecule has 2 aromatic carbocycles. The Morgan fingerprint density at radius 2 is 1.68 bits per heavy atom. The van der Waals surface area contributed by atoms with Crippen LogP contribution in [0.3, 0.4) is 0 Å². The Morgan fingerprint density at radius 3 is 2.29 bits per heavy atom. The van der Waals surface area contributed by atoms with Gasteiger partial charge in [-0.3, -0.25) is 5.41 Å². The van der Waals surface area contributed by atoms with Gasteiger partial charge in [0.2, 0.25) is 12.2 Å². The lowest BCUT2D eigenvalue weighted by atomic mass is 10.0. The van der Waals surface area contributed by atoms with Crippen LogP contribution in [0.5, 0.6) is 0 Å². The average Bonchev–Trinajstić information content (AvgIpc) is 2.75. The highest BCUT2D eigenvalue weighted by Gasteiger charge is 2.42. The van der Waals surface area contributed by atoms with E-state index in [1.165, 1.54) is 0 Å². The summed E-state index contributed by atoms with van der Waals surface area (Å²) in [5.74, 6) is -1.04. The number of carbonyl (C=O) groups excluding carboxylic acids is 1. The van der Waals surface area contributed by atoms with Crippen LogP contribution in [0.2, 0.25) is 0 Å². The maximum absolute atomic E-state index is 12.6. The molecule has 1 saturated heterocycles. The summed E-state index contributed by atoms with van der Waals surface area (Å²) in [6.07, 6.45) is -2.57. The lowest BCUT2D eigenvalue weighted by Crippen LogP contribution is -2.51. The Kier molecular flexibility index (Phi) is 8.19. The molecule has 0 spiro atoms. The molecule has 1 fully saturated rings. The van der Waals surface area contributed by atoms with E-state index >= 15 is 0 Å². The zero-order valence-corrected chi connectivity index (χ0v) is 18.9. The molecule has 0 unspecified atom stereocenters. The summed E-state index contributed by atoms with van der Waals surface area (Å²) >= 11 is 17.1. The van der Waals surface area contributed by atoms with E-state index in [1.807, 2.05) is 36.4 Å². The zero-order chi connectivity index (χ0) is 22.4. The maximum atomic E-state index is 12.6. The minimum absolute atomic E-state index is 0.174. The Balaban J connectivity index is 1.73. The minimum Gasteiger partial charge on any atom is -0.453 e. The van der Waals surface area contributed by atoms with Crippen LogP contribution in [0, 0.1) is 5.41 Å². The van der Waals surface area contributed by atoms with Crippen molar-refractivity contribution in [1.82, 2.24) is 0 Å². The van der Waals surface area contributed by atoms with Crippen molar-refractivity contribution in [3.63, 3.8) is 0 Å². The quantitative estimate of drug-likeness (QED) is 0.260. The third kappa shape index (κ3) is 6.82. The normalized spacial score (nSPS) is 23.7. The molecule has 0 amide bonds. The van der Waals surface area contributed by atoms with Gasteiger partial charge in [-0.15, -0.1) is 0 Å². The van der Waals surface area contributed by atoms with Gasteiger partial charge in [0.05, 0.1) is 18.3 Å². The molecule has 0 saturated carbocycles. The Labute approximate surface area is 195 Å². The predicted octanol–water partition coefficient (Wildman–Crippen LogP) is 5.30. The van der Waals surface area contributed by atoms with Gasteiger partial charge in [0.15, 0.2) is 6.10 Å². The Hall–Kier alpha value is -1.83. The highest BCUT2D eigenvalue weighted by Crippen LogP contribution is 2.32. The van der Waals surface area contributed by atoms with Gasteiger partial charge in [-0.25, -0.2) is 4.79 Å². The molecule has 4 atom stereocenters. The number of carbonyl (C=O) groups is 1. The van der Waals surface area contributed by atoms with Crippen LogP contribution in [-0.2, 0) is 25.6 Å². The van der Waals surface area contributed by atoms with Crippen molar-refractivity contribution in [2.75, 3.05) is 0 Å². The molecule has 6 nitrogen and oxygen atoms in total. The lowest BCUT2D eigenvalue weighted by Gasteiger charge is -2.39. The second kappa shape index (κ2) is 10.7. The number of hydrogen-bond acceptors (Lipinski definition) is 6. The highest BCUT2D eigenvalue weighted by molar-refractivity contribution is 6.76. The number of benzene rings is 2. The molecular formula is C22H22Cl3NO5. The summed E-state index contributed by atoms with van der Waals surface area (Å²) in [4.78, 5) is 12.6. The molecule has 1 N–H and O–H groups in total. The third-order valence-electron chi connectivity index (χ3n) is 4.69. The molecule has 1 aliphatic heterocycles. The van der Waals surface area contributed by atoms with Crippen LogP contribution in [-0.4, -0.2) is 40.3 Å². The molecule has 0 radical (unpaired) electrons. The fourth-order valence-electron chi connectivity index (χ4n) is 3.15. The van der Waals surface area contributed by atoms with Gasteiger partial charge in [-0.2, -0.15) is 0 Å². The molecule has 9 heteroatoms. The largest absolute Gasteiger partial charge is 0.453 e. The second-order valence-electron chi connectivity index (χ2n) is 7.02. The van der Waals surface area contributed by atoms with Gasteiger partial charge in [0.25, 0.3) is 3.79 Å². The number of halogens is 3. The third-order valence-corrected chi connectivity index (χ3v) is 5.20. The lowest BCUT2D eigenvalue weighted by molar-refractivity contribution is -0.233. The van der Waals surface area contributed by atoms with Crippen LogP contribution in [0.1, 0.15) is 29.3 Å². The van der Waals surface area contributed by atoms with Gasteiger partial charge in [0.1, 0.15) is 6.10 Å². The second-order valence-corrected chi connectivity index (χ2v) is 9.30. The van der Waals surface area contributed by atoms with Crippen molar-refractivity contribution in [2.45, 2.75) is 48.3 Å². The summed E-state index contributed by atoms with van der Waals surface area (Å²) in [6, 6.07) is 18.3. The topological polar surface area (TPSA) is 77.8 Å². The van der Waals surface area contributed by atoms with Crippen LogP contribution >= 0.6 is 34.8 Å². The summed E-state index contributed by atoms with van der Waals surface area (Å²) in [5, 5.41) is 7.80. The molecule has 166 valence electrons. The first kappa shape index (κ1) is 23.8. The van der Waals surface area contributed by atoms with Gasteiger partial charge < -0.3 is 18.9 Å². The molecule has 3 rings (SSSR count). The Morgan fingerprint density at radius 1 is 1.06 bits per heavy atom. The first-order valence-electron chi connectivity index (χ1n) is 9.63. The van der Waals surface area contributed by atoms with Gasteiger partial charge in [0, 0.05) is 6.42 Å². The number of ether oxygens (including phenoxy) is 4. The van der Waals surface area contributed by atoms with E-state index in [-0.39, 0.29) is 6.42 Å². The van der Waals surface area contributed by atoms with Crippen molar-refractivity contribution in [3.8, 4) is 0 Å². The van der Waals surface area contributed by atoms with Gasteiger partial charge in [-0.1, -0.05) is 83.3 Å². The number of hydrogen-bond donors (Lipinski definition) is 1. The summed E-state index contributed by atoms with van der Waals surface area (Å²) in [7, 11) is 0. The molecular weight excluding hydrogens is 465 g/mol. The van der Waals surface area contributed by atoms with E-state index in [9.17, 15) is 4.79 Å². The molecule has 0 bridgehead atoms. The monoisotopic (exact) mass is 485 g/mol. The average molecular weight is 487 g/mol. The smallest absolute Gasteiger partial charge is 0.338 e. The van der Waals surface area contributed by atoms with E-state index in [0.29, 0.717) is 12.2 Å². The first-order chi connectivity index (χ1) is 14.7. The summed E-state index contributed by atoms with van der Waals surface area (Å²) in [5.41, 5.74) is 1.38. The summed E-state index contributed by atoms with van der Waals surface area (Å²) in [6.45, 7) is 2.03. The number of esters is 1. The van der Waals surface area contributed by atoms with Crippen molar-refractivity contribution in [3.05, 3.63) is 71.8 Å². The first-order valence-corrected chi connectivity index (χ1v) is 10.8. The number of rotatable bonds is 6. The van der Waals surface area contributed by atoms with Crippen molar-refractivity contribution in [2.24, 2.45) is 0 Å². The summed E-state index contributed by atoms with van der Waals surface area (Å²) < 4.78 is 21.0. The molecule has 1 aliphatic rings. The SMILES string of the molecule is C[C@H]1O[C@H](OC(=N)C(Cl)(Cl)Cl)C[C@@H](OCc2ccccc2)[C@@H]1OC(=O)c1ccccc1. The predicted molar refractivity (Wildman–Crippen MR) is 119 cm³/mol. The number of nitrogens with one attached hydrogen (secondary N) is 1. The highest BCUT2D eigenvalue weighted by atomic mass is 35.6. The fourth-order valence-corrected chi connectivity index (χ4v) is 3.28. The van der Waals surface area contributed by atoms with E-state index in [2.05, 4.69) is 0 Å². The van der Waals surface area contributed by atoms with Crippen LogP contribution in [0.15, 0.2) is 60.7 Å². The van der Waals surface area contributed by atoms with E-state index in [4.69, 9.17) is 59.2 Å². The molecule has 31 heavy (non-hydrogen) atoms. The standard InChI is InChI=1S/C22H22Cl3NO5/c1-14-19(31-20(27)16-10-6-3-7-11-16)17(28-13-15-8-4-2-5-9-15)12-18(29-14)30-21(26)22(23,24)25/h2-11,14,17-19,26H,12-13H2,1H3/t14-,17-,18-,19-/m1/s1. The van der Waals surface area contributed by atoms with Crippen LogP contribution in [0.4, 0.5) is 0 Å². The minimum atomic E-state index is -2.01. The van der Waals surface area contributed by atoms with E-state index in [1.54, 1.807) is 31.2 Å². The fraction of sp³-hybridized carbons (Fsp3) is 0.364. The molecule has 0 aromatic heterocycles. The van der Waals surface area contributed by atoms with Crippen molar-refractivity contribution in [1.29, 1.82) is 5.41 Å². The molecule has 0 aliphatic carbocycles. The van der Waals surface area contributed by atoms with E-state index < -0.39 is 40.3 Å². The van der Waals surface area contributed by atoms with Crippen LogP contribution < -0.4 is 0 Å². The molecule has 1 heterocycles. The Bertz CT molecular complexity index is 876. The van der Waals surface area contributed by atoms with Gasteiger partial charge >= 0.3 is 5.97 Å². The molecule has 2 aromatic rings.